The standard InChI is InChI=1S/C21H13N3O6/c25-19(22-13-4-9-17-18(11-13)21(27)23-20(17)26)12-2-1-3-16(10-12)30-15-7-5-14(6-8-15)24(28)29/h1-11H,(H,22,25)(H,23,26,27). The largest absolute Gasteiger partial charge is 0.457 e. The van der Waals surface area contributed by atoms with Gasteiger partial charge >= 0.3 is 0 Å². The zero-order valence-corrected chi connectivity index (χ0v) is 15.2. The number of amides is 3. The van der Waals surface area contributed by atoms with Gasteiger partial charge in [0, 0.05) is 23.4 Å². The van der Waals surface area contributed by atoms with E-state index in [-0.39, 0.29) is 16.8 Å². The molecule has 4 rings (SSSR count). The molecule has 0 aromatic heterocycles. The van der Waals surface area contributed by atoms with E-state index in [4.69, 9.17) is 4.74 Å². The molecule has 30 heavy (non-hydrogen) atoms. The van der Waals surface area contributed by atoms with Gasteiger partial charge in [0.2, 0.25) is 0 Å². The minimum absolute atomic E-state index is 0.0554. The quantitative estimate of drug-likeness (QED) is 0.381. The van der Waals surface area contributed by atoms with Crippen LogP contribution in [0.3, 0.4) is 0 Å². The third-order valence-corrected chi connectivity index (χ3v) is 4.37. The van der Waals surface area contributed by atoms with Crippen molar-refractivity contribution < 1.29 is 24.0 Å². The number of hydrogen-bond donors (Lipinski definition) is 2. The Hall–Kier alpha value is -4.53. The summed E-state index contributed by atoms with van der Waals surface area (Å²) in [5.41, 5.74) is 1.07. The number of nitro benzene ring substituents is 1. The highest BCUT2D eigenvalue weighted by atomic mass is 16.6. The van der Waals surface area contributed by atoms with Crippen molar-refractivity contribution in [1.29, 1.82) is 0 Å². The monoisotopic (exact) mass is 403 g/mol. The van der Waals surface area contributed by atoms with Gasteiger partial charge in [-0.25, -0.2) is 0 Å². The molecule has 9 heteroatoms. The average molecular weight is 403 g/mol. The number of hydrogen-bond acceptors (Lipinski definition) is 6. The highest BCUT2D eigenvalue weighted by Gasteiger charge is 2.26. The van der Waals surface area contributed by atoms with E-state index in [0.717, 1.165) is 0 Å². The predicted molar refractivity (Wildman–Crippen MR) is 106 cm³/mol. The van der Waals surface area contributed by atoms with Gasteiger partial charge in [-0.15, -0.1) is 0 Å². The minimum Gasteiger partial charge on any atom is -0.457 e. The van der Waals surface area contributed by atoms with Crippen molar-refractivity contribution >= 4 is 29.1 Å². The lowest BCUT2D eigenvalue weighted by Crippen LogP contribution is -2.19. The van der Waals surface area contributed by atoms with Gasteiger partial charge in [0.1, 0.15) is 11.5 Å². The molecule has 1 aliphatic heterocycles. The van der Waals surface area contributed by atoms with Gasteiger partial charge < -0.3 is 10.1 Å². The summed E-state index contributed by atoms with van der Waals surface area (Å²) in [5.74, 6) is -0.662. The molecular formula is C21H13N3O6. The second-order valence-corrected chi connectivity index (χ2v) is 6.38. The number of nitro groups is 1. The molecule has 0 bridgehead atoms. The third-order valence-electron chi connectivity index (χ3n) is 4.37. The Kier molecular flexibility index (Phi) is 4.69. The lowest BCUT2D eigenvalue weighted by atomic mass is 10.1. The Balaban J connectivity index is 1.49. The van der Waals surface area contributed by atoms with Crippen LogP contribution >= 0.6 is 0 Å². The van der Waals surface area contributed by atoms with Gasteiger partial charge in [-0.3, -0.25) is 29.8 Å². The summed E-state index contributed by atoms with van der Waals surface area (Å²) < 4.78 is 5.65. The van der Waals surface area contributed by atoms with Crippen LogP contribution < -0.4 is 15.4 Å². The summed E-state index contributed by atoms with van der Waals surface area (Å²) in [7, 11) is 0. The first-order valence-electron chi connectivity index (χ1n) is 8.74. The second-order valence-electron chi connectivity index (χ2n) is 6.38. The number of nitrogens with zero attached hydrogens (tertiary/aromatic N) is 1. The van der Waals surface area contributed by atoms with E-state index < -0.39 is 22.6 Å². The first-order chi connectivity index (χ1) is 14.4. The van der Waals surface area contributed by atoms with Crippen LogP contribution in [0.4, 0.5) is 11.4 Å². The smallest absolute Gasteiger partial charge is 0.269 e. The maximum Gasteiger partial charge on any atom is 0.269 e. The van der Waals surface area contributed by atoms with Crippen LogP contribution in [0, 0.1) is 10.1 Å². The number of carbonyl (C=O) groups is 3. The van der Waals surface area contributed by atoms with E-state index in [9.17, 15) is 24.5 Å². The maximum atomic E-state index is 12.6. The lowest BCUT2D eigenvalue weighted by Gasteiger charge is -2.09. The molecule has 2 N–H and O–H groups in total. The molecule has 9 nitrogen and oxygen atoms in total. The number of anilines is 1. The van der Waals surface area contributed by atoms with Crippen LogP contribution in [-0.2, 0) is 0 Å². The summed E-state index contributed by atoms with van der Waals surface area (Å²) >= 11 is 0. The Morgan fingerprint density at radius 1 is 0.900 bits per heavy atom. The average Bonchev–Trinajstić information content (AvgIpc) is 3.02. The van der Waals surface area contributed by atoms with Gasteiger partial charge in [-0.1, -0.05) is 6.07 Å². The number of non-ortho nitro benzene ring substituents is 1. The molecule has 0 fully saturated rings. The summed E-state index contributed by atoms with van der Waals surface area (Å²) in [6, 6.07) is 16.4. The second kappa shape index (κ2) is 7.47. The zero-order chi connectivity index (χ0) is 21.3. The summed E-state index contributed by atoms with van der Waals surface area (Å²) in [5, 5.41) is 15.6. The molecule has 148 valence electrons. The predicted octanol–water partition coefficient (Wildman–Crippen LogP) is 3.52. The van der Waals surface area contributed by atoms with E-state index in [0.29, 0.717) is 22.7 Å². The third kappa shape index (κ3) is 3.72. The van der Waals surface area contributed by atoms with Gasteiger partial charge in [0.15, 0.2) is 0 Å². The lowest BCUT2D eigenvalue weighted by molar-refractivity contribution is -0.384. The normalized spacial score (nSPS) is 12.1. The summed E-state index contributed by atoms with van der Waals surface area (Å²) in [6.45, 7) is 0. The molecule has 3 aromatic carbocycles. The number of benzene rings is 3. The summed E-state index contributed by atoms with van der Waals surface area (Å²) in [6.07, 6.45) is 0. The number of rotatable bonds is 5. The van der Waals surface area contributed by atoms with Crippen molar-refractivity contribution in [2.24, 2.45) is 0 Å². The van der Waals surface area contributed by atoms with Crippen molar-refractivity contribution in [3.05, 3.63) is 93.5 Å². The Morgan fingerprint density at radius 3 is 2.37 bits per heavy atom. The Labute approximate surface area is 169 Å². The number of nitrogens with one attached hydrogen (secondary N) is 2. The van der Waals surface area contributed by atoms with E-state index in [1.54, 1.807) is 18.2 Å². The van der Waals surface area contributed by atoms with Gasteiger partial charge in [-0.2, -0.15) is 0 Å². The topological polar surface area (TPSA) is 128 Å². The Morgan fingerprint density at radius 2 is 1.63 bits per heavy atom. The van der Waals surface area contributed by atoms with Crippen LogP contribution in [0.5, 0.6) is 11.5 Å². The molecule has 0 atom stereocenters. The van der Waals surface area contributed by atoms with E-state index >= 15 is 0 Å². The van der Waals surface area contributed by atoms with Crippen LogP contribution in [0.1, 0.15) is 31.1 Å². The molecule has 0 spiro atoms. The number of carbonyl (C=O) groups excluding carboxylic acids is 3. The minimum atomic E-state index is -0.510. The van der Waals surface area contributed by atoms with Crippen LogP contribution in [0.25, 0.3) is 0 Å². The number of fused-ring (bicyclic) bond motifs is 1. The van der Waals surface area contributed by atoms with Crippen molar-refractivity contribution in [3.8, 4) is 11.5 Å². The highest BCUT2D eigenvalue weighted by Crippen LogP contribution is 2.25. The first kappa shape index (κ1) is 18.8. The van der Waals surface area contributed by atoms with E-state index in [1.807, 2.05) is 0 Å². The fourth-order valence-electron chi connectivity index (χ4n) is 2.92. The molecule has 3 amide bonds. The van der Waals surface area contributed by atoms with Crippen molar-refractivity contribution in [2.45, 2.75) is 0 Å². The SMILES string of the molecule is O=C(Nc1ccc2c(c1)C(=O)NC2=O)c1cccc(Oc2ccc([N+](=O)[O-])cc2)c1. The van der Waals surface area contributed by atoms with Crippen molar-refractivity contribution in [2.75, 3.05) is 5.32 Å². The zero-order valence-electron chi connectivity index (χ0n) is 15.2. The van der Waals surface area contributed by atoms with Gasteiger partial charge in [0.05, 0.1) is 16.1 Å². The molecule has 0 unspecified atom stereocenters. The molecular weight excluding hydrogens is 390 g/mol. The Bertz CT molecular complexity index is 1200. The van der Waals surface area contributed by atoms with Gasteiger partial charge in [0.25, 0.3) is 23.4 Å². The molecule has 0 radical (unpaired) electrons. The molecule has 1 aliphatic rings. The highest BCUT2D eigenvalue weighted by molar-refractivity contribution is 6.22. The van der Waals surface area contributed by atoms with Crippen molar-refractivity contribution in [1.82, 2.24) is 5.32 Å². The maximum absolute atomic E-state index is 12.6. The van der Waals surface area contributed by atoms with Crippen LogP contribution in [-0.4, -0.2) is 22.6 Å². The molecule has 1 heterocycles. The fourth-order valence-corrected chi connectivity index (χ4v) is 2.92. The number of imide groups is 1. The number of ether oxygens (including phenoxy) is 1. The molecule has 0 aliphatic carbocycles. The fraction of sp³-hybridized carbons (Fsp3) is 0. The van der Waals surface area contributed by atoms with Gasteiger partial charge in [-0.05, 0) is 48.5 Å². The first-order valence-corrected chi connectivity index (χ1v) is 8.74. The van der Waals surface area contributed by atoms with Crippen molar-refractivity contribution in [3.63, 3.8) is 0 Å². The van der Waals surface area contributed by atoms with E-state index in [2.05, 4.69) is 10.6 Å². The molecule has 3 aromatic rings. The van der Waals surface area contributed by atoms with Crippen LogP contribution in [0.15, 0.2) is 66.7 Å². The summed E-state index contributed by atoms with van der Waals surface area (Å²) in [4.78, 5) is 46.2. The van der Waals surface area contributed by atoms with E-state index in [1.165, 1.54) is 48.5 Å². The molecule has 0 saturated carbocycles. The molecule has 0 saturated heterocycles. The van der Waals surface area contributed by atoms with Crippen LogP contribution in [0.2, 0.25) is 0 Å².